The fourth-order valence-corrected chi connectivity index (χ4v) is 2.32. The van der Waals surface area contributed by atoms with E-state index in [0.29, 0.717) is 13.2 Å². The Kier molecular flexibility index (Phi) is 4.42. The van der Waals surface area contributed by atoms with Gasteiger partial charge in [0.1, 0.15) is 0 Å². The molecule has 7 heteroatoms. The maximum absolute atomic E-state index is 12.5. The Labute approximate surface area is 122 Å². The lowest BCUT2D eigenvalue weighted by Crippen LogP contribution is -2.50. The third-order valence-corrected chi connectivity index (χ3v) is 3.49. The van der Waals surface area contributed by atoms with Crippen molar-refractivity contribution in [3.8, 4) is 5.75 Å². The molecule has 1 heterocycles. The summed E-state index contributed by atoms with van der Waals surface area (Å²) in [4.78, 5) is 24.7. The molecular formula is C14H18N2O5. The lowest BCUT2D eigenvalue weighted by Gasteiger charge is -2.36. The van der Waals surface area contributed by atoms with Crippen LogP contribution in [0.4, 0.5) is 5.69 Å². The number of amides is 1. The minimum absolute atomic E-state index is 0.0432. The molecule has 0 spiro atoms. The number of nitrogens with zero attached hydrogens (tertiary/aromatic N) is 2. The molecule has 1 aromatic rings. The largest absolute Gasteiger partial charge is 0.490 e. The van der Waals surface area contributed by atoms with Crippen molar-refractivity contribution in [2.24, 2.45) is 0 Å². The van der Waals surface area contributed by atoms with Crippen LogP contribution in [0.15, 0.2) is 18.2 Å². The van der Waals surface area contributed by atoms with Gasteiger partial charge in [0.2, 0.25) is 0 Å². The van der Waals surface area contributed by atoms with E-state index in [1.807, 2.05) is 13.8 Å². The van der Waals surface area contributed by atoms with Crippen molar-refractivity contribution in [1.82, 2.24) is 4.90 Å². The number of hydrogen-bond donors (Lipinski definition) is 0. The maximum Gasteiger partial charge on any atom is 0.311 e. The maximum atomic E-state index is 12.5. The molecule has 114 valence electrons. The molecule has 7 nitrogen and oxygen atoms in total. The molecule has 1 amide bonds. The molecule has 1 aliphatic heterocycles. The van der Waals surface area contributed by atoms with Gasteiger partial charge >= 0.3 is 5.69 Å². The molecule has 1 aromatic carbocycles. The number of rotatable bonds is 3. The van der Waals surface area contributed by atoms with Crippen molar-refractivity contribution in [2.75, 3.05) is 20.3 Å². The number of carbonyl (C=O) groups is 1. The second-order valence-electron chi connectivity index (χ2n) is 5.09. The summed E-state index contributed by atoms with van der Waals surface area (Å²) in [7, 11) is 1.36. The molecule has 0 saturated carbocycles. The fourth-order valence-electron chi connectivity index (χ4n) is 2.32. The molecule has 0 aliphatic carbocycles. The summed E-state index contributed by atoms with van der Waals surface area (Å²) in [6.45, 7) is 4.72. The first-order chi connectivity index (χ1) is 9.93. The predicted octanol–water partition coefficient (Wildman–Crippen LogP) is 1.85. The highest BCUT2D eigenvalue weighted by Crippen LogP contribution is 2.28. The van der Waals surface area contributed by atoms with E-state index in [2.05, 4.69) is 0 Å². The van der Waals surface area contributed by atoms with E-state index in [4.69, 9.17) is 9.47 Å². The van der Waals surface area contributed by atoms with Crippen molar-refractivity contribution in [1.29, 1.82) is 0 Å². The van der Waals surface area contributed by atoms with Gasteiger partial charge in [-0.25, -0.2) is 0 Å². The molecule has 1 saturated heterocycles. The highest BCUT2D eigenvalue weighted by Gasteiger charge is 2.29. The number of nitro groups is 1. The fraction of sp³-hybridized carbons (Fsp3) is 0.500. The monoisotopic (exact) mass is 294 g/mol. The number of carbonyl (C=O) groups excluding carboxylic acids is 1. The zero-order valence-corrected chi connectivity index (χ0v) is 12.2. The molecule has 0 bridgehead atoms. The predicted molar refractivity (Wildman–Crippen MR) is 75.6 cm³/mol. The van der Waals surface area contributed by atoms with Crippen molar-refractivity contribution in [3.63, 3.8) is 0 Å². The summed E-state index contributed by atoms with van der Waals surface area (Å²) in [6, 6.07) is 4.18. The van der Waals surface area contributed by atoms with Gasteiger partial charge in [-0.2, -0.15) is 0 Å². The van der Waals surface area contributed by atoms with Gasteiger partial charge in [-0.1, -0.05) is 0 Å². The minimum Gasteiger partial charge on any atom is -0.490 e. The molecule has 2 atom stereocenters. The van der Waals surface area contributed by atoms with Crippen LogP contribution in [0.25, 0.3) is 0 Å². The Balaban J connectivity index is 2.30. The molecule has 0 aromatic heterocycles. The van der Waals surface area contributed by atoms with Gasteiger partial charge in [0.05, 0.1) is 30.8 Å². The smallest absolute Gasteiger partial charge is 0.311 e. The van der Waals surface area contributed by atoms with Crippen LogP contribution < -0.4 is 4.74 Å². The van der Waals surface area contributed by atoms with Crippen LogP contribution >= 0.6 is 0 Å². The quantitative estimate of drug-likeness (QED) is 0.627. The van der Waals surface area contributed by atoms with Crippen molar-refractivity contribution in [2.45, 2.75) is 26.0 Å². The van der Waals surface area contributed by atoms with E-state index >= 15 is 0 Å². The van der Waals surface area contributed by atoms with Gasteiger partial charge in [0.15, 0.2) is 5.75 Å². The van der Waals surface area contributed by atoms with E-state index in [0.717, 1.165) is 0 Å². The summed E-state index contributed by atoms with van der Waals surface area (Å²) in [5, 5.41) is 11.0. The van der Waals surface area contributed by atoms with Crippen LogP contribution in [0.2, 0.25) is 0 Å². The van der Waals surface area contributed by atoms with E-state index in [9.17, 15) is 14.9 Å². The SMILES string of the molecule is COc1ccc(C(=O)N2CC(C)OCC2C)cc1[N+](=O)[O-]. The van der Waals surface area contributed by atoms with E-state index in [-0.39, 0.29) is 35.1 Å². The molecule has 1 aliphatic rings. The standard InChI is InChI=1S/C14H18N2O5/c1-9-8-21-10(2)7-15(9)14(17)11-4-5-13(20-3)12(6-11)16(18)19/h4-6,9-10H,7-8H2,1-3H3. The van der Waals surface area contributed by atoms with Crippen LogP contribution in [0, 0.1) is 10.1 Å². The van der Waals surface area contributed by atoms with Crippen LogP contribution in [-0.4, -0.2) is 48.1 Å². The first kappa shape index (κ1) is 15.2. The summed E-state index contributed by atoms with van der Waals surface area (Å²) in [5.41, 5.74) is 0.0701. The number of methoxy groups -OCH3 is 1. The Morgan fingerprint density at radius 1 is 1.48 bits per heavy atom. The van der Waals surface area contributed by atoms with E-state index in [1.165, 1.54) is 19.2 Å². The second kappa shape index (κ2) is 6.09. The second-order valence-corrected chi connectivity index (χ2v) is 5.09. The van der Waals surface area contributed by atoms with Crippen molar-refractivity contribution >= 4 is 11.6 Å². The molecule has 1 fully saturated rings. The lowest BCUT2D eigenvalue weighted by atomic mass is 10.1. The van der Waals surface area contributed by atoms with Gasteiger partial charge in [-0.3, -0.25) is 14.9 Å². The lowest BCUT2D eigenvalue weighted by molar-refractivity contribution is -0.385. The molecular weight excluding hydrogens is 276 g/mol. The number of hydrogen-bond acceptors (Lipinski definition) is 5. The first-order valence-electron chi connectivity index (χ1n) is 6.69. The first-order valence-corrected chi connectivity index (χ1v) is 6.69. The highest BCUT2D eigenvalue weighted by atomic mass is 16.6. The molecule has 0 radical (unpaired) electrons. The Hall–Kier alpha value is -2.15. The van der Waals surface area contributed by atoms with Crippen molar-refractivity contribution < 1.29 is 19.2 Å². The Morgan fingerprint density at radius 2 is 2.19 bits per heavy atom. The third-order valence-electron chi connectivity index (χ3n) is 3.49. The zero-order valence-electron chi connectivity index (χ0n) is 12.2. The van der Waals surface area contributed by atoms with Crippen LogP contribution in [0.5, 0.6) is 5.75 Å². The summed E-state index contributed by atoms with van der Waals surface area (Å²) >= 11 is 0. The van der Waals surface area contributed by atoms with Gasteiger partial charge in [0, 0.05) is 18.2 Å². The van der Waals surface area contributed by atoms with Gasteiger partial charge in [-0.05, 0) is 26.0 Å². The van der Waals surface area contributed by atoms with Gasteiger partial charge < -0.3 is 14.4 Å². The molecule has 21 heavy (non-hydrogen) atoms. The third kappa shape index (κ3) is 3.13. The Morgan fingerprint density at radius 3 is 2.81 bits per heavy atom. The highest BCUT2D eigenvalue weighted by molar-refractivity contribution is 5.95. The normalized spacial score (nSPS) is 22.0. The summed E-state index contributed by atoms with van der Waals surface area (Å²) in [5.74, 6) is -0.0941. The summed E-state index contributed by atoms with van der Waals surface area (Å²) < 4.78 is 10.4. The average molecular weight is 294 g/mol. The van der Waals surface area contributed by atoms with Crippen LogP contribution in [0.1, 0.15) is 24.2 Å². The topological polar surface area (TPSA) is 81.9 Å². The number of ether oxygens (including phenoxy) is 2. The van der Waals surface area contributed by atoms with Crippen LogP contribution in [0.3, 0.4) is 0 Å². The molecule has 2 rings (SSSR count). The van der Waals surface area contributed by atoms with Crippen LogP contribution in [-0.2, 0) is 4.74 Å². The number of morpholine rings is 1. The van der Waals surface area contributed by atoms with E-state index < -0.39 is 4.92 Å². The average Bonchev–Trinajstić information content (AvgIpc) is 2.48. The number of benzene rings is 1. The van der Waals surface area contributed by atoms with Gasteiger partial charge in [-0.15, -0.1) is 0 Å². The molecule has 0 N–H and O–H groups in total. The number of nitro benzene ring substituents is 1. The molecule has 2 unspecified atom stereocenters. The minimum atomic E-state index is -0.555. The van der Waals surface area contributed by atoms with Crippen molar-refractivity contribution in [3.05, 3.63) is 33.9 Å². The van der Waals surface area contributed by atoms with E-state index in [1.54, 1.807) is 11.0 Å². The van der Waals surface area contributed by atoms with Gasteiger partial charge in [0.25, 0.3) is 5.91 Å². The zero-order chi connectivity index (χ0) is 15.6. The Bertz CT molecular complexity index is 560. The summed E-state index contributed by atoms with van der Waals surface area (Å²) in [6.07, 6.45) is -0.0432.